The molecule has 0 N–H and O–H groups in total. The van der Waals surface area contributed by atoms with E-state index < -0.39 is 8.07 Å². The third-order valence-electron chi connectivity index (χ3n) is 4.07. The van der Waals surface area contributed by atoms with Crippen molar-refractivity contribution in [2.45, 2.75) is 44.4 Å². The van der Waals surface area contributed by atoms with E-state index in [1.165, 1.54) is 24.3 Å². The van der Waals surface area contributed by atoms with Gasteiger partial charge in [-0.3, -0.25) is 4.79 Å². The summed E-state index contributed by atoms with van der Waals surface area (Å²) in [4.78, 5) is 12.1. The fourth-order valence-electron chi connectivity index (χ4n) is 3.22. The van der Waals surface area contributed by atoms with Gasteiger partial charge < -0.3 is 4.74 Å². The normalized spacial score (nSPS) is 22.6. The maximum Gasteiger partial charge on any atom is 0.309 e. The van der Waals surface area contributed by atoms with Crippen molar-refractivity contribution < 1.29 is 9.53 Å². The summed E-state index contributed by atoms with van der Waals surface area (Å²) in [5, 5.41) is 0. The first-order valence-corrected chi connectivity index (χ1v) is 11.4. The van der Waals surface area contributed by atoms with E-state index in [-0.39, 0.29) is 17.8 Å². The maximum absolute atomic E-state index is 12.1. The van der Waals surface area contributed by atoms with E-state index in [9.17, 15) is 4.79 Å². The summed E-state index contributed by atoms with van der Waals surface area (Å²) in [5.74, 6) is 0.0497. The molecular formula is C18H26O2Si. The number of carbonyl (C=O) groups excluding carboxylic acids is 1. The Labute approximate surface area is 129 Å². The van der Waals surface area contributed by atoms with Crippen LogP contribution in [0, 0.1) is 5.92 Å². The van der Waals surface area contributed by atoms with Gasteiger partial charge in [0.15, 0.2) is 0 Å². The van der Waals surface area contributed by atoms with Crippen LogP contribution in [-0.2, 0) is 9.53 Å². The minimum Gasteiger partial charge on any atom is -0.469 e. The molecule has 1 aliphatic carbocycles. The molecule has 3 heteroatoms. The van der Waals surface area contributed by atoms with E-state index in [1.807, 2.05) is 18.2 Å². The van der Waals surface area contributed by atoms with Crippen molar-refractivity contribution in [3.8, 4) is 0 Å². The number of methoxy groups -OCH3 is 1. The van der Waals surface area contributed by atoms with Crippen LogP contribution in [0.15, 0.2) is 42.0 Å². The van der Waals surface area contributed by atoms with Gasteiger partial charge in [0.1, 0.15) is 0 Å². The number of hydrogen-bond donors (Lipinski definition) is 0. The molecule has 0 unspecified atom stereocenters. The molecule has 0 aliphatic heterocycles. The highest BCUT2D eigenvalue weighted by molar-refractivity contribution is 6.76. The molecule has 2 atom stereocenters. The average molecular weight is 302 g/mol. The van der Waals surface area contributed by atoms with Crippen LogP contribution in [0.25, 0.3) is 0 Å². The summed E-state index contributed by atoms with van der Waals surface area (Å²) < 4.78 is 5.02. The second kappa shape index (κ2) is 6.61. The molecule has 114 valence electrons. The molecule has 0 aromatic heterocycles. The molecule has 0 fully saturated rings. The fourth-order valence-corrected chi connectivity index (χ4v) is 4.88. The molecule has 0 amide bonds. The van der Waals surface area contributed by atoms with E-state index >= 15 is 0 Å². The summed E-state index contributed by atoms with van der Waals surface area (Å²) in [6.07, 6.45) is 4.29. The predicted octanol–water partition coefficient (Wildman–Crippen LogP) is 4.62. The number of esters is 1. The Balaban J connectivity index is 2.31. The molecule has 1 aromatic rings. The number of benzene rings is 1. The van der Waals surface area contributed by atoms with Gasteiger partial charge in [-0.2, -0.15) is 0 Å². The third kappa shape index (κ3) is 4.30. The highest BCUT2D eigenvalue weighted by Crippen LogP contribution is 2.39. The Bertz CT molecular complexity index is 514. The second-order valence-electron chi connectivity index (χ2n) is 7.17. The fraction of sp³-hybridized carbons (Fsp3) is 0.500. The van der Waals surface area contributed by atoms with Crippen LogP contribution in [0.2, 0.25) is 25.7 Å². The highest BCUT2D eigenvalue weighted by atomic mass is 28.3. The molecule has 1 aromatic carbocycles. The minimum atomic E-state index is -1.12. The number of hydrogen-bond acceptors (Lipinski definition) is 2. The molecule has 21 heavy (non-hydrogen) atoms. The van der Waals surface area contributed by atoms with Crippen molar-refractivity contribution in [2.24, 2.45) is 5.92 Å². The van der Waals surface area contributed by atoms with Crippen molar-refractivity contribution in [2.75, 3.05) is 7.11 Å². The molecule has 0 heterocycles. The topological polar surface area (TPSA) is 26.3 Å². The Morgan fingerprint density at radius 3 is 2.48 bits per heavy atom. The van der Waals surface area contributed by atoms with Crippen LogP contribution in [0.3, 0.4) is 0 Å². The van der Waals surface area contributed by atoms with Crippen molar-refractivity contribution >= 4 is 14.0 Å². The Kier molecular flexibility index (Phi) is 5.04. The van der Waals surface area contributed by atoms with E-state index in [2.05, 4.69) is 37.8 Å². The largest absolute Gasteiger partial charge is 0.469 e. The monoisotopic (exact) mass is 302 g/mol. The van der Waals surface area contributed by atoms with Crippen molar-refractivity contribution in [1.29, 1.82) is 0 Å². The molecule has 0 saturated carbocycles. The van der Waals surface area contributed by atoms with Crippen molar-refractivity contribution in [3.63, 3.8) is 0 Å². The Morgan fingerprint density at radius 1 is 1.24 bits per heavy atom. The summed E-state index contributed by atoms with van der Waals surface area (Å²) in [6, 6.07) is 11.6. The van der Waals surface area contributed by atoms with E-state index in [4.69, 9.17) is 4.74 Å². The van der Waals surface area contributed by atoms with Crippen LogP contribution in [0.5, 0.6) is 0 Å². The van der Waals surface area contributed by atoms with Gasteiger partial charge in [-0.15, -0.1) is 0 Å². The van der Waals surface area contributed by atoms with Gasteiger partial charge in [0.25, 0.3) is 0 Å². The first kappa shape index (κ1) is 16.0. The standard InChI is InChI=1S/C18H26O2Si/c1-20-18(19)16-11-10-14(13-21(2,3)4)12-17(16)15-8-6-5-7-9-15/h5-9,12,16-17H,10-11,13H2,1-4H3/t16-,17-/m0/s1. The van der Waals surface area contributed by atoms with Crippen LogP contribution >= 0.6 is 0 Å². The molecule has 0 bridgehead atoms. The SMILES string of the molecule is COC(=O)[C@H]1CCC(C[Si](C)(C)C)=C[C@H]1c1ccccc1. The number of ether oxygens (including phenoxy) is 1. The molecule has 0 saturated heterocycles. The first-order valence-electron chi connectivity index (χ1n) is 7.73. The smallest absolute Gasteiger partial charge is 0.309 e. The zero-order valence-corrected chi connectivity index (χ0v) is 14.6. The van der Waals surface area contributed by atoms with Crippen LogP contribution < -0.4 is 0 Å². The lowest BCUT2D eigenvalue weighted by Gasteiger charge is -2.31. The van der Waals surface area contributed by atoms with Crippen LogP contribution in [0.1, 0.15) is 24.3 Å². The maximum atomic E-state index is 12.1. The summed E-state index contributed by atoms with van der Waals surface area (Å²) >= 11 is 0. The quantitative estimate of drug-likeness (QED) is 0.461. The van der Waals surface area contributed by atoms with E-state index in [1.54, 1.807) is 0 Å². The van der Waals surface area contributed by atoms with Crippen molar-refractivity contribution in [3.05, 3.63) is 47.5 Å². The van der Waals surface area contributed by atoms with Crippen LogP contribution in [-0.4, -0.2) is 21.2 Å². The lowest BCUT2D eigenvalue weighted by molar-refractivity contribution is -0.146. The lowest BCUT2D eigenvalue weighted by Crippen LogP contribution is -2.28. The molecule has 2 nitrogen and oxygen atoms in total. The summed E-state index contributed by atoms with van der Waals surface area (Å²) in [7, 11) is 0.375. The predicted molar refractivity (Wildman–Crippen MR) is 90.2 cm³/mol. The molecule has 0 radical (unpaired) electrons. The van der Waals surface area contributed by atoms with Gasteiger partial charge >= 0.3 is 5.97 Å². The van der Waals surface area contributed by atoms with Gasteiger partial charge in [-0.25, -0.2) is 0 Å². The summed E-state index contributed by atoms with van der Waals surface area (Å²) in [5.41, 5.74) is 2.75. The third-order valence-corrected chi connectivity index (χ3v) is 5.59. The van der Waals surface area contributed by atoms with Gasteiger partial charge in [-0.05, 0) is 24.4 Å². The number of allylic oxidation sites excluding steroid dienone is 2. The van der Waals surface area contributed by atoms with E-state index in [0.717, 1.165) is 12.8 Å². The van der Waals surface area contributed by atoms with Gasteiger partial charge in [0.05, 0.1) is 13.0 Å². The number of carbonyl (C=O) groups is 1. The second-order valence-corrected chi connectivity index (χ2v) is 12.6. The zero-order chi connectivity index (χ0) is 15.5. The summed E-state index contributed by atoms with van der Waals surface area (Å²) in [6.45, 7) is 7.20. The average Bonchev–Trinajstić information content (AvgIpc) is 2.45. The van der Waals surface area contributed by atoms with Crippen LogP contribution in [0.4, 0.5) is 0 Å². The molecule has 2 rings (SSSR count). The zero-order valence-electron chi connectivity index (χ0n) is 13.6. The van der Waals surface area contributed by atoms with Gasteiger partial charge in [-0.1, -0.05) is 61.6 Å². The minimum absolute atomic E-state index is 0.0391. The molecule has 1 aliphatic rings. The molecular weight excluding hydrogens is 276 g/mol. The first-order chi connectivity index (χ1) is 9.90. The highest BCUT2D eigenvalue weighted by Gasteiger charge is 2.33. The Morgan fingerprint density at radius 2 is 1.90 bits per heavy atom. The lowest BCUT2D eigenvalue weighted by atomic mass is 9.77. The van der Waals surface area contributed by atoms with E-state index in [0.29, 0.717) is 0 Å². The Hall–Kier alpha value is -1.35. The van der Waals surface area contributed by atoms with Gasteiger partial charge in [0.2, 0.25) is 0 Å². The van der Waals surface area contributed by atoms with Gasteiger partial charge in [0, 0.05) is 14.0 Å². The molecule has 0 spiro atoms. The van der Waals surface area contributed by atoms with Crippen molar-refractivity contribution in [1.82, 2.24) is 0 Å². The number of rotatable bonds is 4.